The highest BCUT2D eigenvalue weighted by atomic mass is 19.4. The summed E-state index contributed by atoms with van der Waals surface area (Å²) in [5, 5.41) is 5.37. The van der Waals surface area contributed by atoms with Crippen molar-refractivity contribution in [3.8, 4) is 5.75 Å². The van der Waals surface area contributed by atoms with Gasteiger partial charge in [0.05, 0.1) is 18.7 Å². The van der Waals surface area contributed by atoms with Crippen molar-refractivity contribution in [2.24, 2.45) is 0 Å². The molecule has 4 nitrogen and oxygen atoms in total. The first-order valence-electron chi connectivity index (χ1n) is 8.32. The first kappa shape index (κ1) is 19.6. The number of ether oxygens (including phenoxy) is 1. The highest BCUT2D eigenvalue weighted by Gasteiger charge is 2.30. The Hall–Kier alpha value is -2.70. The van der Waals surface area contributed by atoms with E-state index in [1.807, 2.05) is 6.07 Å². The van der Waals surface area contributed by atoms with Crippen LogP contribution in [-0.4, -0.2) is 19.1 Å². The van der Waals surface area contributed by atoms with Crippen LogP contribution in [0, 0.1) is 0 Å². The molecule has 0 saturated heterocycles. The molecule has 0 saturated carbocycles. The number of hydrogen-bond donors (Lipinski definition) is 2. The number of carbonyl (C=O) groups excluding carboxylic acids is 1. The second-order valence-corrected chi connectivity index (χ2v) is 5.71. The van der Waals surface area contributed by atoms with Crippen LogP contribution in [0.5, 0.6) is 5.75 Å². The number of halogens is 3. The smallest absolute Gasteiger partial charge is 0.416 e. The highest BCUT2D eigenvalue weighted by molar-refractivity contribution is 5.93. The minimum absolute atomic E-state index is 0.0747. The van der Waals surface area contributed by atoms with Gasteiger partial charge in [-0.05, 0) is 36.8 Å². The molecule has 0 aliphatic carbocycles. The quantitative estimate of drug-likeness (QED) is 0.651. The molecule has 2 rings (SSSR count). The van der Waals surface area contributed by atoms with E-state index in [9.17, 15) is 18.0 Å². The van der Waals surface area contributed by atoms with E-state index in [0.717, 1.165) is 25.0 Å². The summed E-state index contributed by atoms with van der Waals surface area (Å²) in [6.07, 6.45) is -2.46. The van der Waals surface area contributed by atoms with Crippen molar-refractivity contribution in [3.05, 3.63) is 54.1 Å². The summed E-state index contributed by atoms with van der Waals surface area (Å²) in [5.74, 6) is 0.253. The number of carbonyl (C=O) groups is 1. The summed E-state index contributed by atoms with van der Waals surface area (Å²) in [7, 11) is 0. The molecule has 2 aromatic carbocycles. The van der Waals surface area contributed by atoms with Gasteiger partial charge in [0.1, 0.15) is 5.75 Å². The molecular formula is C19H21F3N2O2. The second kappa shape index (κ2) is 9.12. The van der Waals surface area contributed by atoms with Gasteiger partial charge in [-0.1, -0.05) is 25.5 Å². The van der Waals surface area contributed by atoms with E-state index in [1.165, 1.54) is 12.1 Å². The lowest BCUT2D eigenvalue weighted by Crippen LogP contribution is -2.22. The summed E-state index contributed by atoms with van der Waals surface area (Å²) in [5.41, 5.74) is -0.0124. The average Bonchev–Trinajstić information content (AvgIpc) is 2.60. The molecule has 0 bridgehead atoms. The van der Waals surface area contributed by atoms with Gasteiger partial charge in [-0.2, -0.15) is 13.2 Å². The number of unbranched alkanes of at least 4 members (excludes halogenated alkanes) is 1. The minimum atomic E-state index is -4.45. The summed E-state index contributed by atoms with van der Waals surface area (Å²) in [6.45, 7) is 2.62. The molecule has 0 fully saturated rings. The predicted octanol–water partition coefficient (Wildman–Crippen LogP) is 4.93. The van der Waals surface area contributed by atoms with Crippen molar-refractivity contribution in [2.45, 2.75) is 25.9 Å². The lowest BCUT2D eigenvalue weighted by atomic mass is 10.2. The van der Waals surface area contributed by atoms with Crippen LogP contribution in [0.4, 0.5) is 24.5 Å². The van der Waals surface area contributed by atoms with Crippen molar-refractivity contribution >= 4 is 17.3 Å². The fourth-order valence-electron chi connectivity index (χ4n) is 2.19. The molecule has 0 spiro atoms. The SMILES string of the molecule is CCCCOc1cccc(NCC(=O)Nc2cccc(C(F)(F)F)c2)c1. The van der Waals surface area contributed by atoms with Gasteiger partial charge in [0.15, 0.2) is 0 Å². The summed E-state index contributed by atoms with van der Waals surface area (Å²) >= 11 is 0. The number of nitrogens with one attached hydrogen (secondary N) is 2. The van der Waals surface area contributed by atoms with Gasteiger partial charge in [0.2, 0.25) is 5.91 Å². The van der Waals surface area contributed by atoms with Gasteiger partial charge in [-0.15, -0.1) is 0 Å². The van der Waals surface area contributed by atoms with Crippen LogP contribution in [0.3, 0.4) is 0 Å². The minimum Gasteiger partial charge on any atom is -0.494 e. The largest absolute Gasteiger partial charge is 0.494 e. The number of alkyl halides is 3. The maximum absolute atomic E-state index is 12.7. The molecule has 0 unspecified atom stereocenters. The monoisotopic (exact) mass is 366 g/mol. The standard InChI is InChI=1S/C19H21F3N2O2/c1-2-3-10-26-17-9-5-7-15(12-17)23-13-18(25)24-16-8-4-6-14(11-16)19(20,21)22/h4-9,11-12,23H,2-3,10,13H2,1H3,(H,24,25). The van der Waals surface area contributed by atoms with Crippen LogP contribution in [0.2, 0.25) is 0 Å². The summed E-state index contributed by atoms with van der Waals surface area (Å²) in [4.78, 5) is 12.0. The summed E-state index contributed by atoms with van der Waals surface area (Å²) in [6, 6.07) is 11.7. The Morgan fingerprint density at radius 2 is 1.81 bits per heavy atom. The van der Waals surface area contributed by atoms with Gasteiger partial charge in [-0.25, -0.2) is 0 Å². The number of hydrogen-bond acceptors (Lipinski definition) is 3. The number of benzene rings is 2. The number of rotatable bonds is 8. The Morgan fingerprint density at radius 1 is 1.08 bits per heavy atom. The fourth-order valence-corrected chi connectivity index (χ4v) is 2.19. The number of anilines is 2. The van der Waals surface area contributed by atoms with E-state index in [1.54, 1.807) is 18.2 Å². The van der Waals surface area contributed by atoms with Crippen molar-refractivity contribution in [1.82, 2.24) is 0 Å². The van der Waals surface area contributed by atoms with Crippen LogP contribution >= 0.6 is 0 Å². The molecule has 0 aliphatic heterocycles. The highest BCUT2D eigenvalue weighted by Crippen LogP contribution is 2.30. The van der Waals surface area contributed by atoms with Gasteiger partial charge in [0.25, 0.3) is 0 Å². The summed E-state index contributed by atoms with van der Waals surface area (Å²) < 4.78 is 43.6. The van der Waals surface area contributed by atoms with Gasteiger partial charge in [-0.3, -0.25) is 4.79 Å². The van der Waals surface area contributed by atoms with Crippen molar-refractivity contribution < 1.29 is 22.7 Å². The van der Waals surface area contributed by atoms with Crippen molar-refractivity contribution in [1.29, 1.82) is 0 Å². The molecule has 140 valence electrons. The maximum Gasteiger partial charge on any atom is 0.416 e. The van der Waals surface area contributed by atoms with Crippen LogP contribution in [0.1, 0.15) is 25.3 Å². The molecule has 0 aliphatic rings. The molecule has 0 atom stereocenters. The molecule has 1 amide bonds. The first-order chi connectivity index (χ1) is 12.4. The van der Waals surface area contributed by atoms with Crippen molar-refractivity contribution in [3.63, 3.8) is 0 Å². The topological polar surface area (TPSA) is 50.4 Å². The molecule has 0 aromatic heterocycles. The Labute approximate surface area is 150 Å². The lowest BCUT2D eigenvalue weighted by Gasteiger charge is -2.11. The van der Waals surface area contributed by atoms with E-state index in [2.05, 4.69) is 17.6 Å². The normalized spacial score (nSPS) is 11.1. The second-order valence-electron chi connectivity index (χ2n) is 5.71. The Bertz CT molecular complexity index is 733. The molecule has 2 aromatic rings. The van der Waals surface area contributed by atoms with E-state index in [-0.39, 0.29) is 12.2 Å². The van der Waals surface area contributed by atoms with E-state index in [0.29, 0.717) is 18.0 Å². The zero-order valence-electron chi connectivity index (χ0n) is 14.4. The predicted molar refractivity (Wildman–Crippen MR) is 95.4 cm³/mol. The zero-order chi connectivity index (χ0) is 19.0. The Balaban J connectivity index is 1.88. The van der Waals surface area contributed by atoms with Gasteiger partial charge >= 0.3 is 6.18 Å². The fraction of sp³-hybridized carbons (Fsp3) is 0.316. The third kappa shape index (κ3) is 6.31. The Morgan fingerprint density at radius 3 is 2.54 bits per heavy atom. The third-order valence-electron chi connectivity index (χ3n) is 3.53. The number of amides is 1. The van der Waals surface area contributed by atoms with Crippen molar-refractivity contribution in [2.75, 3.05) is 23.8 Å². The van der Waals surface area contributed by atoms with Crippen LogP contribution in [0.25, 0.3) is 0 Å². The van der Waals surface area contributed by atoms with Crippen LogP contribution in [-0.2, 0) is 11.0 Å². The van der Waals surface area contributed by atoms with Gasteiger partial charge in [0, 0.05) is 17.4 Å². The molecule has 2 N–H and O–H groups in total. The molecule has 26 heavy (non-hydrogen) atoms. The molecule has 0 radical (unpaired) electrons. The lowest BCUT2D eigenvalue weighted by molar-refractivity contribution is -0.137. The van der Waals surface area contributed by atoms with E-state index in [4.69, 9.17) is 4.74 Å². The van der Waals surface area contributed by atoms with E-state index >= 15 is 0 Å². The third-order valence-corrected chi connectivity index (χ3v) is 3.53. The Kier molecular flexibility index (Phi) is 6.89. The van der Waals surface area contributed by atoms with Crippen LogP contribution < -0.4 is 15.4 Å². The average molecular weight is 366 g/mol. The van der Waals surface area contributed by atoms with Gasteiger partial charge < -0.3 is 15.4 Å². The molecular weight excluding hydrogens is 345 g/mol. The maximum atomic E-state index is 12.7. The van der Waals surface area contributed by atoms with E-state index < -0.39 is 17.6 Å². The molecule has 7 heteroatoms. The van der Waals surface area contributed by atoms with Crippen LogP contribution in [0.15, 0.2) is 48.5 Å². The molecule has 0 heterocycles. The zero-order valence-corrected chi connectivity index (χ0v) is 14.4. The first-order valence-corrected chi connectivity index (χ1v) is 8.32.